The van der Waals surface area contributed by atoms with Gasteiger partial charge in [0, 0.05) is 38.4 Å². The van der Waals surface area contributed by atoms with Crippen LogP contribution in [0.5, 0.6) is 0 Å². The van der Waals surface area contributed by atoms with E-state index in [1.54, 1.807) is 0 Å². The zero-order chi connectivity index (χ0) is 21.2. The van der Waals surface area contributed by atoms with Crippen molar-refractivity contribution in [1.82, 2.24) is 10.4 Å². The molecule has 0 amide bonds. The van der Waals surface area contributed by atoms with E-state index in [1.165, 1.54) is 31.4 Å². The van der Waals surface area contributed by atoms with Crippen LogP contribution in [0.2, 0.25) is 0 Å². The average Bonchev–Trinajstić information content (AvgIpc) is 3.14. The molecule has 1 saturated carbocycles. The third-order valence-electron chi connectivity index (χ3n) is 6.16. The minimum atomic E-state index is -4.34. The first-order chi connectivity index (χ1) is 14.3. The maximum Gasteiger partial charge on any atom is 0.416 e. The maximum atomic E-state index is 12.8. The lowest BCUT2D eigenvalue weighted by Gasteiger charge is -2.36. The number of hydrogen-bond acceptors (Lipinski definition) is 5. The van der Waals surface area contributed by atoms with Crippen LogP contribution < -0.4 is 5.32 Å². The summed E-state index contributed by atoms with van der Waals surface area (Å²) < 4.78 is 38.3. The Bertz CT molecular complexity index is 784. The van der Waals surface area contributed by atoms with Gasteiger partial charge in [0.2, 0.25) is 0 Å². The lowest BCUT2D eigenvalue weighted by molar-refractivity contribution is -0.145. The molecule has 1 spiro atoms. The van der Waals surface area contributed by atoms with Crippen molar-refractivity contribution in [2.24, 2.45) is 5.16 Å². The summed E-state index contributed by atoms with van der Waals surface area (Å²) in [5, 5.41) is 9.75. The Balaban J connectivity index is 1.25. The minimum absolute atomic E-state index is 0.403. The van der Waals surface area contributed by atoms with Crippen LogP contribution in [0.25, 0.3) is 0 Å². The fourth-order valence-electron chi connectivity index (χ4n) is 4.34. The molecule has 0 aromatic heterocycles. The number of oxime groups is 1. The van der Waals surface area contributed by atoms with Crippen LogP contribution in [0.1, 0.15) is 62.5 Å². The van der Waals surface area contributed by atoms with Gasteiger partial charge in [-0.15, -0.1) is 5.06 Å². The van der Waals surface area contributed by atoms with Gasteiger partial charge in [-0.2, -0.15) is 13.2 Å². The molecule has 0 bridgehead atoms. The topological polar surface area (TPSA) is 46.1 Å². The first kappa shape index (κ1) is 21.4. The minimum Gasteiger partial charge on any atom is -0.388 e. The molecule has 1 aromatic rings. The second-order valence-electron chi connectivity index (χ2n) is 8.35. The molecule has 5 nitrogen and oxygen atoms in total. The van der Waals surface area contributed by atoms with Crippen molar-refractivity contribution in [3.05, 3.63) is 35.4 Å². The normalized spacial score (nSPS) is 22.4. The van der Waals surface area contributed by atoms with Crippen LogP contribution >= 0.6 is 12.2 Å². The van der Waals surface area contributed by atoms with E-state index in [-0.39, 0.29) is 0 Å². The summed E-state index contributed by atoms with van der Waals surface area (Å²) in [6.07, 6.45) is 3.67. The number of alkyl halides is 3. The Morgan fingerprint density at radius 2 is 1.80 bits per heavy atom. The fourth-order valence-corrected chi connectivity index (χ4v) is 4.61. The summed E-state index contributed by atoms with van der Waals surface area (Å²) in [5.74, 6) is 0. The first-order valence-electron chi connectivity index (χ1n) is 10.5. The quantitative estimate of drug-likeness (QED) is 0.683. The molecule has 0 unspecified atom stereocenters. The standard InChI is InChI=1S/C21H26F3N3O2S/c22-21(23,24)16-8-6-15(7-9-16)18-14-20(29-26-18)10-12-27(13-11-20)28-19(30)25-17-4-2-1-3-5-17/h6-9,17H,1-5,10-14H2,(H,25,30). The second kappa shape index (κ2) is 8.70. The molecular formula is C21H26F3N3O2S. The van der Waals surface area contributed by atoms with E-state index in [2.05, 4.69) is 10.5 Å². The molecule has 2 heterocycles. The number of rotatable bonds is 3. The Hall–Kier alpha value is -1.87. The number of nitrogens with zero attached hydrogens (tertiary/aromatic N) is 2. The molecule has 1 N–H and O–H groups in total. The molecule has 1 aromatic carbocycles. The molecule has 1 aliphatic carbocycles. The van der Waals surface area contributed by atoms with Gasteiger partial charge in [0.1, 0.15) is 5.60 Å². The van der Waals surface area contributed by atoms with E-state index in [0.29, 0.717) is 54.8 Å². The van der Waals surface area contributed by atoms with E-state index < -0.39 is 17.3 Å². The zero-order valence-electron chi connectivity index (χ0n) is 16.7. The van der Waals surface area contributed by atoms with Crippen LogP contribution in [0.3, 0.4) is 0 Å². The Kier molecular flexibility index (Phi) is 6.20. The summed E-state index contributed by atoms with van der Waals surface area (Å²) in [4.78, 5) is 11.6. The van der Waals surface area contributed by atoms with E-state index in [1.807, 2.05) is 5.06 Å². The van der Waals surface area contributed by atoms with Crippen molar-refractivity contribution in [2.75, 3.05) is 13.1 Å². The van der Waals surface area contributed by atoms with Crippen LogP contribution in [0, 0.1) is 0 Å². The Morgan fingerprint density at radius 3 is 2.43 bits per heavy atom. The number of benzene rings is 1. The smallest absolute Gasteiger partial charge is 0.388 e. The molecule has 9 heteroatoms. The summed E-state index contributed by atoms with van der Waals surface area (Å²) in [7, 11) is 0. The summed E-state index contributed by atoms with van der Waals surface area (Å²) in [6, 6.07) is 5.48. The maximum absolute atomic E-state index is 12.8. The van der Waals surface area contributed by atoms with E-state index in [9.17, 15) is 13.2 Å². The molecule has 4 rings (SSSR count). The summed E-state index contributed by atoms with van der Waals surface area (Å²) in [6.45, 7) is 1.31. The first-order valence-corrected chi connectivity index (χ1v) is 10.9. The molecule has 0 radical (unpaired) electrons. The van der Waals surface area contributed by atoms with Crippen LogP contribution in [0.4, 0.5) is 13.2 Å². The van der Waals surface area contributed by atoms with Crippen molar-refractivity contribution in [2.45, 2.75) is 69.2 Å². The molecular weight excluding hydrogens is 415 g/mol. The van der Waals surface area contributed by atoms with Gasteiger partial charge in [-0.3, -0.25) is 0 Å². The number of thiocarbonyl (C=S) groups is 1. The Morgan fingerprint density at radius 1 is 1.13 bits per heavy atom. The average molecular weight is 442 g/mol. The SMILES string of the molecule is FC(F)(F)c1ccc(C2=NOC3(CCN(OC(=S)NC4CCCCC4)CC3)C2)cc1. The van der Waals surface area contributed by atoms with E-state index in [0.717, 1.165) is 25.0 Å². The lowest BCUT2D eigenvalue weighted by atomic mass is 9.86. The van der Waals surface area contributed by atoms with Crippen molar-refractivity contribution >= 4 is 23.1 Å². The van der Waals surface area contributed by atoms with Crippen molar-refractivity contribution in [1.29, 1.82) is 0 Å². The van der Waals surface area contributed by atoms with Crippen molar-refractivity contribution in [3.63, 3.8) is 0 Å². The van der Waals surface area contributed by atoms with Crippen molar-refractivity contribution < 1.29 is 22.8 Å². The number of hydroxylamine groups is 2. The van der Waals surface area contributed by atoms with Crippen molar-refractivity contribution in [3.8, 4) is 0 Å². The molecule has 164 valence electrons. The number of hydrogen-bond donors (Lipinski definition) is 1. The fraction of sp³-hybridized carbons (Fsp3) is 0.619. The van der Waals surface area contributed by atoms with Gasteiger partial charge in [-0.1, -0.05) is 36.6 Å². The predicted octanol–water partition coefficient (Wildman–Crippen LogP) is 4.80. The van der Waals surface area contributed by atoms with E-state index >= 15 is 0 Å². The molecule has 0 atom stereocenters. The summed E-state index contributed by atoms with van der Waals surface area (Å²) >= 11 is 5.35. The van der Waals surface area contributed by atoms with Gasteiger partial charge >= 0.3 is 6.18 Å². The van der Waals surface area contributed by atoms with Crippen LogP contribution in [0.15, 0.2) is 29.4 Å². The number of nitrogens with one attached hydrogen (secondary N) is 1. The number of piperidine rings is 1. The highest BCUT2D eigenvalue weighted by molar-refractivity contribution is 7.80. The van der Waals surface area contributed by atoms with Gasteiger partial charge in [0.05, 0.1) is 11.3 Å². The Labute approximate surface area is 179 Å². The highest BCUT2D eigenvalue weighted by Crippen LogP contribution is 2.37. The predicted molar refractivity (Wildman–Crippen MR) is 111 cm³/mol. The monoisotopic (exact) mass is 441 g/mol. The summed E-state index contributed by atoms with van der Waals surface area (Å²) in [5.41, 5.74) is 0.267. The third kappa shape index (κ3) is 5.06. The van der Waals surface area contributed by atoms with Crippen LogP contribution in [-0.4, -0.2) is 40.7 Å². The lowest BCUT2D eigenvalue weighted by Crippen LogP contribution is -2.47. The van der Waals surface area contributed by atoms with Gasteiger partial charge in [0.15, 0.2) is 0 Å². The second-order valence-corrected chi connectivity index (χ2v) is 8.72. The largest absolute Gasteiger partial charge is 0.416 e. The van der Waals surface area contributed by atoms with E-state index in [4.69, 9.17) is 21.9 Å². The molecule has 2 aliphatic heterocycles. The number of halogens is 3. The van der Waals surface area contributed by atoms with Gasteiger partial charge in [-0.05, 0) is 42.8 Å². The van der Waals surface area contributed by atoms with Gasteiger partial charge < -0.3 is 15.0 Å². The molecule has 1 saturated heterocycles. The highest BCUT2D eigenvalue weighted by atomic mass is 32.1. The molecule has 3 aliphatic rings. The van der Waals surface area contributed by atoms with Gasteiger partial charge in [0.25, 0.3) is 5.17 Å². The molecule has 30 heavy (non-hydrogen) atoms. The highest BCUT2D eigenvalue weighted by Gasteiger charge is 2.43. The molecule has 2 fully saturated rings. The van der Waals surface area contributed by atoms with Gasteiger partial charge in [-0.25, -0.2) is 0 Å². The van der Waals surface area contributed by atoms with Crippen LogP contribution in [-0.2, 0) is 15.9 Å². The zero-order valence-corrected chi connectivity index (χ0v) is 17.5. The third-order valence-corrected chi connectivity index (χ3v) is 6.35.